The summed E-state index contributed by atoms with van der Waals surface area (Å²) in [5.74, 6) is -0.708. The van der Waals surface area contributed by atoms with Gasteiger partial charge in [0.15, 0.2) is 5.13 Å². The van der Waals surface area contributed by atoms with Crippen LogP contribution >= 0.6 is 22.7 Å². The van der Waals surface area contributed by atoms with Crippen LogP contribution in [-0.2, 0) is 4.74 Å². The number of thiophene rings is 1. The molecule has 0 aliphatic rings. The van der Waals surface area contributed by atoms with Gasteiger partial charge < -0.3 is 10.1 Å². The number of aryl methyl sites for hydroxylation is 1. The minimum Gasteiger partial charge on any atom is -0.462 e. The van der Waals surface area contributed by atoms with E-state index in [0.29, 0.717) is 27.8 Å². The van der Waals surface area contributed by atoms with Crippen LogP contribution in [0.25, 0.3) is 10.2 Å². The predicted molar refractivity (Wildman–Crippen MR) is 92.6 cm³/mol. The molecule has 0 fully saturated rings. The number of hydrogen-bond acceptors (Lipinski definition) is 6. The topological polar surface area (TPSA) is 51.2 Å². The Kier molecular flexibility index (Phi) is 4.32. The lowest BCUT2D eigenvalue weighted by molar-refractivity contribution is 0.0527. The van der Waals surface area contributed by atoms with Gasteiger partial charge in [0.25, 0.3) is 0 Å². The highest BCUT2D eigenvalue weighted by Gasteiger charge is 2.21. The number of rotatable bonds is 4. The fraction of sp³-hybridized carbons (Fsp3) is 0.250. The number of ether oxygens (including phenoxy) is 1. The molecule has 0 aliphatic carbocycles. The van der Waals surface area contributed by atoms with E-state index in [1.807, 2.05) is 19.9 Å². The molecule has 23 heavy (non-hydrogen) atoms. The van der Waals surface area contributed by atoms with Crippen LogP contribution in [0, 0.1) is 19.7 Å². The summed E-state index contributed by atoms with van der Waals surface area (Å²) in [5, 5.41) is 4.38. The second-order valence-corrected chi connectivity index (χ2v) is 7.19. The summed E-state index contributed by atoms with van der Waals surface area (Å²) in [5.41, 5.74) is 1.75. The molecule has 0 spiro atoms. The number of nitrogens with one attached hydrogen (secondary N) is 1. The summed E-state index contributed by atoms with van der Waals surface area (Å²) in [4.78, 5) is 17.5. The zero-order chi connectivity index (χ0) is 16.6. The maximum absolute atomic E-state index is 13.8. The average Bonchev–Trinajstić information content (AvgIpc) is 3.02. The summed E-state index contributed by atoms with van der Waals surface area (Å²) in [6.45, 7) is 5.93. The van der Waals surface area contributed by atoms with E-state index in [1.54, 1.807) is 13.0 Å². The van der Waals surface area contributed by atoms with Crippen molar-refractivity contribution in [1.29, 1.82) is 0 Å². The normalized spacial score (nSPS) is 11.0. The van der Waals surface area contributed by atoms with Crippen molar-refractivity contribution in [3.05, 3.63) is 40.0 Å². The van der Waals surface area contributed by atoms with Gasteiger partial charge in [-0.25, -0.2) is 14.2 Å². The molecular weight excluding hydrogens is 335 g/mol. The Bertz CT molecular complexity index is 886. The van der Waals surface area contributed by atoms with Crippen molar-refractivity contribution >= 4 is 49.0 Å². The van der Waals surface area contributed by atoms with Crippen LogP contribution in [0.1, 0.15) is 27.7 Å². The Labute approximate surface area is 140 Å². The van der Waals surface area contributed by atoms with Crippen LogP contribution in [-0.4, -0.2) is 17.6 Å². The number of aromatic nitrogens is 1. The maximum Gasteiger partial charge on any atom is 0.341 e. The number of esters is 1. The van der Waals surface area contributed by atoms with Crippen molar-refractivity contribution in [1.82, 2.24) is 4.98 Å². The maximum atomic E-state index is 13.8. The predicted octanol–water partition coefficient (Wildman–Crippen LogP) is 5.03. The molecule has 0 saturated carbocycles. The molecular formula is C16H15FN2O2S2. The first-order chi connectivity index (χ1) is 11.0. The Morgan fingerprint density at radius 3 is 2.83 bits per heavy atom. The largest absolute Gasteiger partial charge is 0.462 e. The first kappa shape index (κ1) is 15.9. The molecule has 0 radical (unpaired) electrons. The van der Waals surface area contributed by atoms with Crippen molar-refractivity contribution in [3.63, 3.8) is 0 Å². The van der Waals surface area contributed by atoms with Crippen molar-refractivity contribution in [2.45, 2.75) is 20.8 Å². The minimum atomic E-state index is -0.357. The first-order valence-corrected chi connectivity index (χ1v) is 8.73. The second kappa shape index (κ2) is 6.25. The van der Waals surface area contributed by atoms with E-state index in [9.17, 15) is 9.18 Å². The standard InChI is InChI=1S/C16H15FN2O2S2/c1-4-21-15(20)12-8(2)9(3)22-14(12)19-16-18-13-10(17)6-5-7-11(13)23-16/h5-7H,4H2,1-3H3,(H,18,19). The van der Waals surface area contributed by atoms with Crippen molar-refractivity contribution in [3.8, 4) is 0 Å². The van der Waals surface area contributed by atoms with E-state index < -0.39 is 0 Å². The smallest absolute Gasteiger partial charge is 0.341 e. The fourth-order valence-electron chi connectivity index (χ4n) is 2.23. The highest BCUT2D eigenvalue weighted by Crippen LogP contribution is 2.37. The number of benzene rings is 1. The molecule has 1 aromatic carbocycles. The molecule has 120 valence electrons. The van der Waals surface area contributed by atoms with Gasteiger partial charge in [-0.1, -0.05) is 17.4 Å². The molecule has 0 saturated heterocycles. The van der Waals surface area contributed by atoms with Crippen LogP contribution in [0.15, 0.2) is 18.2 Å². The van der Waals surface area contributed by atoms with Crippen molar-refractivity contribution in [2.24, 2.45) is 0 Å². The summed E-state index contributed by atoms with van der Waals surface area (Å²) < 4.78 is 19.6. The molecule has 0 bridgehead atoms. The Morgan fingerprint density at radius 1 is 1.35 bits per heavy atom. The molecule has 0 aliphatic heterocycles. The van der Waals surface area contributed by atoms with Crippen molar-refractivity contribution < 1.29 is 13.9 Å². The molecule has 3 rings (SSSR count). The zero-order valence-corrected chi connectivity index (χ0v) is 14.5. The van der Waals surface area contributed by atoms with Gasteiger partial charge in [-0.05, 0) is 38.5 Å². The number of para-hydroxylation sites is 1. The third-order valence-electron chi connectivity index (χ3n) is 3.46. The van der Waals surface area contributed by atoms with Gasteiger partial charge in [0.1, 0.15) is 16.3 Å². The Morgan fingerprint density at radius 2 is 2.13 bits per heavy atom. The number of thiazole rings is 1. The molecule has 2 heterocycles. The third-order valence-corrected chi connectivity index (χ3v) is 5.51. The Hall–Kier alpha value is -1.99. The third kappa shape index (κ3) is 2.94. The minimum absolute atomic E-state index is 0.318. The van der Waals surface area contributed by atoms with Crippen LogP contribution in [0.2, 0.25) is 0 Å². The monoisotopic (exact) mass is 350 g/mol. The number of carbonyl (C=O) groups excluding carboxylic acids is 1. The van der Waals surface area contributed by atoms with Gasteiger partial charge in [-0.2, -0.15) is 0 Å². The van der Waals surface area contributed by atoms with Gasteiger partial charge in [-0.3, -0.25) is 0 Å². The lowest BCUT2D eigenvalue weighted by Crippen LogP contribution is -2.07. The molecule has 2 aromatic heterocycles. The highest BCUT2D eigenvalue weighted by atomic mass is 32.1. The van der Waals surface area contributed by atoms with Gasteiger partial charge in [0.2, 0.25) is 0 Å². The summed E-state index contributed by atoms with van der Waals surface area (Å²) in [6, 6.07) is 4.86. The van der Waals surface area contributed by atoms with Gasteiger partial charge >= 0.3 is 5.97 Å². The molecule has 0 atom stereocenters. The second-order valence-electron chi connectivity index (χ2n) is 4.94. The molecule has 4 nitrogen and oxygen atoms in total. The molecule has 7 heteroatoms. The SMILES string of the molecule is CCOC(=O)c1c(Nc2nc3c(F)cccc3s2)sc(C)c1C. The fourth-order valence-corrected chi connectivity index (χ4v) is 4.23. The lowest BCUT2D eigenvalue weighted by Gasteiger charge is -2.05. The number of nitrogens with zero attached hydrogens (tertiary/aromatic N) is 1. The van der Waals surface area contributed by atoms with E-state index in [2.05, 4.69) is 10.3 Å². The molecule has 1 N–H and O–H groups in total. The van der Waals surface area contributed by atoms with Crippen LogP contribution in [0.3, 0.4) is 0 Å². The molecule has 0 amide bonds. The average molecular weight is 350 g/mol. The van der Waals surface area contributed by atoms with E-state index in [-0.39, 0.29) is 11.8 Å². The van der Waals surface area contributed by atoms with Gasteiger partial charge in [-0.15, -0.1) is 11.3 Å². The number of carbonyl (C=O) groups is 1. The van der Waals surface area contributed by atoms with Gasteiger partial charge in [0, 0.05) is 4.88 Å². The van der Waals surface area contributed by atoms with E-state index in [1.165, 1.54) is 28.7 Å². The van der Waals surface area contributed by atoms with E-state index in [4.69, 9.17) is 4.74 Å². The molecule has 0 unspecified atom stereocenters. The number of fused-ring (bicyclic) bond motifs is 1. The summed E-state index contributed by atoms with van der Waals surface area (Å²) >= 11 is 2.81. The number of halogens is 1. The zero-order valence-electron chi connectivity index (χ0n) is 12.9. The quantitative estimate of drug-likeness (QED) is 0.670. The van der Waals surface area contributed by atoms with Crippen LogP contribution < -0.4 is 5.32 Å². The van der Waals surface area contributed by atoms with E-state index >= 15 is 0 Å². The van der Waals surface area contributed by atoms with E-state index in [0.717, 1.165) is 15.1 Å². The molecule has 3 aromatic rings. The highest BCUT2D eigenvalue weighted by molar-refractivity contribution is 7.23. The Balaban J connectivity index is 2.00. The lowest BCUT2D eigenvalue weighted by atomic mass is 10.1. The van der Waals surface area contributed by atoms with Crippen LogP contribution in [0.4, 0.5) is 14.5 Å². The number of anilines is 2. The first-order valence-electron chi connectivity index (χ1n) is 7.10. The van der Waals surface area contributed by atoms with Crippen molar-refractivity contribution in [2.75, 3.05) is 11.9 Å². The summed E-state index contributed by atoms with van der Waals surface area (Å²) in [6.07, 6.45) is 0. The van der Waals surface area contributed by atoms with Gasteiger partial charge in [0.05, 0.1) is 16.9 Å². The van der Waals surface area contributed by atoms with Crippen LogP contribution in [0.5, 0.6) is 0 Å². The number of hydrogen-bond donors (Lipinski definition) is 1. The summed E-state index contributed by atoms with van der Waals surface area (Å²) in [7, 11) is 0.